The zero-order chi connectivity index (χ0) is 15.3. The molecule has 4 N–H and O–H groups in total. The Balaban J connectivity index is 2.62. The number of benzene rings is 2. The lowest BCUT2D eigenvalue weighted by Crippen LogP contribution is -1.93. The number of rotatable bonds is 2. The number of nitrogens with zero attached hydrogens (tertiary/aromatic N) is 2. The van der Waals surface area contributed by atoms with E-state index in [9.17, 15) is 20.2 Å². The smallest absolute Gasteiger partial charge is 0.312 e. The Morgan fingerprint density at radius 1 is 0.810 bits per heavy atom. The third-order valence-corrected chi connectivity index (χ3v) is 3.19. The summed E-state index contributed by atoms with van der Waals surface area (Å²) in [5.41, 5.74) is 11.1. The third-order valence-electron chi connectivity index (χ3n) is 3.19. The van der Waals surface area contributed by atoms with Crippen molar-refractivity contribution < 1.29 is 14.3 Å². The van der Waals surface area contributed by atoms with Crippen LogP contribution in [0.4, 0.5) is 22.7 Å². The minimum atomic E-state index is -0.647. The third kappa shape index (κ3) is 1.64. The molecule has 9 heteroatoms. The van der Waals surface area contributed by atoms with Crippen molar-refractivity contribution in [3.8, 4) is 0 Å². The maximum absolute atomic E-state index is 11.0. The van der Waals surface area contributed by atoms with E-state index in [-0.39, 0.29) is 44.7 Å². The van der Waals surface area contributed by atoms with E-state index in [1.165, 1.54) is 24.3 Å². The molecule has 3 aromatic rings. The number of hydrogen-bond acceptors (Lipinski definition) is 7. The first-order valence-electron chi connectivity index (χ1n) is 5.73. The minimum absolute atomic E-state index is 0.129. The highest BCUT2D eigenvalue weighted by Gasteiger charge is 2.26. The Hall–Kier alpha value is -3.36. The molecule has 0 unspecified atom stereocenters. The molecule has 0 saturated heterocycles. The normalized spacial score (nSPS) is 11.0. The maximum atomic E-state index is 11.0. The van der Waals surface area contributed by atoms with Crippen LogP contribution in [0.2, 0.25) is 0 Å². The average Bonchev–Trinajstić information content (AvgIpc) is 2.80. The molecule has 0 radical (unpaired) electrons. The first-order chi connectivity index (χ1) is 9.91. The van der Waals surface area contributed by atoms with E-state index in [0.29, 0.717) is 0 Å². The number of hydrogen-bond donors (Lipinski definition) is 2. The highest BCUT2D eigenvalue weighted by molar-refractivity contribution is 6.19. The molecule has 0 amide bonds. The second-order valence-electron chi connectivity index (χ2n) is 4.37. The van der Waals surface area contributed by atoms with E-state index in [1.54, 1.807) is 0 Å². The summed E-state index contributed by atoms with van der Waals surface area (Å²) in [6.07, 6.45) is 0. The van der Waals surface area contributed by atoms with Gasteiger partial charge >= 0.3 is 11.4 Å². The first kappa shape index (κ1) is 12.7. The number of nitrogens with two attached hydrogens (primary N) is 2. The van der Waals surface area contributed by atoms with Gasteiger partial charge < -0.3 is 15.9 Å². The molecule has 1 aromatic heterocycles. The van der Waals surface area contributed by atoms with E-state index < -0.39 is 9.85 Å². The minimum Gasteiger partial charge on any atom is -0.441 e. The lowest BCUT2D eigenvalue weighted by molar-refractivity contribution is -0.384. The molecular weight excluding hydrogens is 280 g/mol. The average molecular weight is 288 g/mol. The van der Waals surface area contributed by atoms with Crippen LogP contribution in [0.1, 0.15) is 0 Å². The quantitative estimate of drug-likeness (QED) is 0.417. The van der Waals surface area contributed by atoms with Crippen LogP contribution < -0.4 is 11.5 Å². The highest BCUT2D eigenvalue weighted by atomic mass is 16.6. The van der Waals surface area contributed by atoms with E-state index >= 15 is 0 Å². The number of nitro groups is 2. The summed E-state index contributed by atoms with van der Waals surface area (Å²) in [7, 11) is 0. The van der Waals surface area contributed by atoms with Crippen LogP contribution in [0, 0.1) is 20.2 Å². The van der Waals surface area contributed by atoms with Crippen LogP contribution in [0.5, 0.6) is 0 Å². The Morgan fingerprint density at radius 3 is 1.52 bits per heavy atom. The van der Waals surface area contributed by atoms with Gasteiger partial charge in [-0.1, -0.05) is 0 Å². The molecule has 2 aromatic carbocycles. The molecule has 0 fully saturated rings. The fourth-order valence-electron chi connectivity index (χ4n) is 2.29. The fraction of sp³-hybridized carbons (Fsp3) is 0. The van der Waals surface area contributed by atoms with Crippen LogP contribution in [-0.4, -0.2) is 9.85 Å². The second kappa shape index (κ2) is 4.07. The zero-order valence-corrected chi connectivity index (χ0v) is 10.4. The summed E-state index contributed by atoms with van der Waals surface area (Å²) < 4.78 is 5.36. The summed E-state index contributed by atoms with van der Waals surface area (Å²) in [6, 6.07) is 5.05. The van der Waals surface area contributed by atoms with Crippen molar-refractivity contribution >= 4 is 44.7 Å². The fourth-order valence-corrected chi connectivity index (χ4v) is 2.29. The molecule has 0 saturated carbocycles. The van der Waals surface area contributed by atoms with Gasteiger partial charge in [0.25, 0.3) is 0 Å². The van der Waals surface area contributed by atoms with Gasteiger partial charge in [-0.2, -0.15) is 0 Å². The van der Waals surface area contributed by atoms with Gasteiger partial charge in [-0.25, -0.2) is 0 Å². The lowest BCUT2D eigenvalue weighted by Gasteiger charge is -1.99. The van der Waals surface area contributed by atoms with Crippen molar-refractivity contribution in [3.05, 3.63) is 44.5 Å². The molecule has 0 bridgehead atoms. The monoisotopic (exact) mass is 288 g/mol. The Kier molecular flexibility index (Phi) is 2.45. The molecule has 0 aliphatic rings. The SMILES string of the molecule is Nc1ccc([N+](=O)[O-])c2oc3c([N+](=O)[O-])ccc(N)c3c12. The molecule has 0 aliphatic carbocycles. The van der Waals surface area contributed by atoms with E-state index in [4.69, 9.17) is 15.9 Å². The molecule has 0 atom stereocenters. The van der Waals surface area contributed by atoms with Gasteiger partial charge in [0.1, 0.15) is 0 Å². The summed E-state index contributed by atoms with van der Waals surface area (Å²) in [5.74, 6) is 0. The van der Waals surface area contributed by atoms with Gasteiger partial charge in [0, 0.05) is 23.5 Å². The van der Waals surface area contributed by atoms with Crippen molar-refractivity contribution in [1.29, 1.82) is 0 Å². The Morgan fingerprint density at radius 2 is 1.19 bits per heavy atom. The molecule has 3 rings (SSSR count). The number of nitro benzene ring substituents is 2. The van der Waals surface area contributed by atoms with Crippen molar-refractivity contribution in [2.24, 2.45) is 0 Å². The van der Waals surface area contributed by atoms with Gasteiger partial charge in [-0.15, -0.1) is 0 Å². The van der Waals surface area contributed by atoms with Crippen LogP contribution in [0.15, 0.2) is 28.7 Å². The van der Waals surface area contributed by atoms with Gasteiger partial charge in [0.15, 0.2) is 0 Å². The van der Waals surface area contributed by atoms with Gasteiger partial charge in [0.2, 0.25) is 11.2 Å². The number of non-ortho nitro benzene ring substituents is 2. The number of nitrogen functional groups attached to an aromatic ring is 2. The standard InChI is InChI=1S/C12H8N4O5/c13-5-1-3-7(15(17)18)11-9(5)10-6(14)2-4-8(16(19)20)12(10)21-11/h1-4H,13-14H2. The molecule has 1 heterocycles. The van der Waals surface area contributed by atoms with E-state index in [1.807, 2.05) is 0 Å². The highest BCUT2D eigenvalue weighted by Crippen LogP contribution is 2.43. The van der Waals surface area contributed by atoms with E-state index in [0.717, 1.165) is 0 Å². The van der Waals surface area contributed by atoms with Crippen molar-refractivity contribution in [1.82, 2.24) is 0 Å². The van der Waals surface area contributed by atoms with Crippen LogP contribution in [0.3, 0.4) is 0 Å². The number of furan rings is 1. The molecule has 0 spiro atoms. The Bertz CT molecular complexity index is 856. The predicted molar refractivity (Wildman–Crippen MR) is 75.9 cm³/mol. The topological polar surface area (TPSA) is 151 Å². The zero-order valence-electron chi connectivity index (χ0n) is 10.4. The predicted octanol–water partition coefficient (Wildman–Crippen LogP) is 2.57. The lowest BCUT2D eigenvalue weighted by atomic mass is 10.1. The van der Waals surface area contributed by atoms with Crippen LogP contribution >= 0.6 is 0 Å². The van der Waals surface area contributed by atoms with Crippen LogP contribution in [0.25, 0.3) is 21.9 Å². The van der Waals surface area contributed by atoms with Gasteiger partial charge in [-0.05, 0) is 12.1 Å². The summed E-state index contributed by atoms with van der Waals surface area (Å²) >= 11 is 0. The van der Waals surface area contributed by atoms with Crippen molar-refractivity contribution in [3.63, 3.8) is 0 Å². The summed E-state index contributed by atoms with van der Waals surface area (Å²) in [6.45, 7) is 0. The van der Waals surface area contributed by atoms with Crippen molar-refractivity contribution in [2.45, 2.75) is 0 Å². The Labute approximate surface area is 116 Å². The number of anilines is 2. The maximum Gasteiger partial charge on any atom is 0.312 e. The molecule has 106 valence electrons. The van der Waals surface area contributed by atoms with Crippen LogP contribution in [-0.2, 0) is 0 Å². The molecule has 9 nitrogen and oxygen atoms in total. The summed E-state index contributed by atoms with van der Waals surface area (Å²) in [4.78, 5) is 20.8. The van der Waals surface area contributed by atoms with Gasteiger partial charge in [0.05, 0.1) is 20.6 Å². The van der Waals surface area contributed by atoms with Crippen molar-refractivity contribution in [2.75, 3.05) is 11.5 Å². The van der Waals surface area contributed by atoms with Gasteiger partial charge in [-0.3, -0.25) is 20.2 Å². The first-order valence-corrected chi connectivity index (χ1v) is 5.73. The molecular formula is C12H8N4O5. The molecule has 0 aliphatic heterocycles. The summed E-state index contributed by atoms with van der Waals surface area (Å²) in [5, 5.41) is 22.5. The second-order valence-corrected chi connectivity index (χ2v) is 4.37. The van der Waals surface area contributed by atoms with E-state index in [2.05, 4.69) is 0 Å². The number of fused-ring (bicyclic) bond motifs is 3. The largest absolute Gasteiger partial charge is 0.441 e. The molecule has 21 heavy (non-hydrogen) atoms.